The number of rotatable bonds is 5. The Labute approximate surface area is 160 Å². The van der Waals surface area contributed by atoms with Crippen LogP contribution in [0.4, 0.5) is 5.69 Å². The van der Waals surface area contributed by atoms with E-state index in [-0.39, 0.29) is 10.8 Å². The fraction of sp³-hybridized carbons (Fsp3) is 0.350. The Balaban J connectivity index is 1.80. The van der Waals surface area contributed by atoms with Crippen molar-refractivity contribution in [3.63, 3.8) is 0 Å². The molecule has 6 nitrogen and oxygen atoms in total. The summed E-state index contributed by atoms with van der Waals surface area (Å²) in [6, 6.07) is 13.2. The zero-order valence-corrected chi connectivity index (χ0v) is 16.2. The van der Waals surface area contributed by atoms with Gasteiger partial charge in [-0.3, -0.25) is 4.79 Å². The first kappa shape index (κ1) is 19.4. The predicted molar refractivity (Wildman–Crippen MR) is 105 cm³/mol. The van der Waals surface area contributed by atoms with Crippen molar-refractivity contribution in [3.05, 3.63) is 54.1 Å². The summed E-state index contributed by atoms with van der Waals surface area (Å²) in [5, 5.41) is 2.77. The minimum atomic E-state index is -3.59. The Kier molecular flexibility index (Phi) is 6.13. The van der Waals surface area contributed by atoms with Gasteiger partial charge in [0.1, 0.15) is 5.75 Å². The van der Waals surface area contributed by atoms with E-state index in [0.29, 0.717) is 30.1 Å². The molecule has 1 heterocycles. The standard InChI is InChI=1S/C20H24N2O4S/c1-26-18-10-7-9-17(15-18)21-20(23)16-8-6-11-19(14-16)27(24,25)22-12-4-2-3-5-13-22/h6-11,14-15H,2-5,12-13H2,1H3,(H,21,23). The monoisotopic (exact) mass is 388 g/mol. The molecule has 1 saturated heterocycles. The molecule has 0 aliphatic carbocycles. The van der Waals surface area contributed by atoms with Crippen LogP contribution in [0.15, 0.2) is 53.4 Å². The van der Waals surface area contributed by atoms with Gasteiger partial charge in [-0.2, -0.15) is 4.31 Å². The molecule has 3 rings (SSSR count). The first-order valence-corrected chi connectivity index (χ1v) is 10.5. The van der Waals surface area contributed by atoms with Gasteiger partial charge in [0.05, 0.1) is 12.0 Å². The molecule has 0 radical (unpaired) electrons. The molecule has 1 aliphatic heterocycles. The summed E-state index contributed by atoms with van der Waals surface area (Å²) in [4.78, 5) is 12.7. The fourth-order valence-corrected chi connectivity index (χ4v) is 4.70. The minimum Gasteiger partial charge on any atom is -0.497 e. The van der Waals surface area contributed by atoms with E-state index in [4.69, 9.17) is 4.74 Å². The summed E-state index contributed by atoms with van der Waals surface area (Å²) in [5.41, 5.74) is 0.883. The third-order valence-electron chi connectivity index (χ3n) is 4.63. The van der Waals surface area contributed by atoms with Crippen LogP contribution in [0.1, 0.15) is 36.0 Å². The summed E-state index contributed by atoms with van der Waals surface area (Å²) in [7, 11) is -2.04. The summed E-state index contributed by atoms with van der Waals surface area (Å²) in [6.07, 6.45) is 3.84. The lowest BCUT2D eigenvalue weighted by Crippen LogP contribution is -2.32. The van der Waals surface area contributed by atoms with Crippen LogP contribution in [-0.4, -0.2) is 38.8 Å². The molecule has 7 heteroatoms. The first-order valence-electron chi connectivity index (χ1n) is 9.06. The molecule has 2 aromatic rings. The Morgan fingerprint density at radius 1 is 1.00 bits per heavy atom. The third-order valence-corrected chi connectivity index (χ3v) is 6.52. The van der Waals surface area contributed by atoms with Crippen LogP contribution in [0.2, 0.25) is 0 Å². The lowest BCUT2D eigenvalue weighted by Gasteiger charge is -2.20. The second-order valence-corrected chi connectivity index (χ2v) is 8.47. The van der Waals surface area contributed by atoms with Crippen LogP contribution in [0.5, 0.6) is 5.75 Å². The van der Waals surface area contributed by atoms with E-state index in [1.807, 2.05) is 0 Å². The van der Waals surface area contributed by atoms with Crippen LogP contribution in [0.3, 0.4) is 0 Å². The molecule has 0 bridgehead atoms. The van der Waals surface area contributed by atoms with Gasteiger partial charge < -0.3 is 10.1 Å². The highest BCUT2D eigenvalue weighted by Crippen LogP contribution is 2.22. The van der Waals surface area contributed by atoms with Gasteiger partial charge in [0, 0.05) is 30.4 Å². The van der Waals surface area contributed by atoms with Gasteiger partial charge in [0.25, 0.3) is 5.91 Å². The second-order valence-electron chi connectivity index (χ2n) is 6.53. The quantitative estimate of drug-likeness (QED) is 0.850. The van der Waals surface area contributed by atoms with E-state index in [0.717, 1.165) is 25.7 Å². The number of methoxy groups -OCH3 is 1. The summed E-state index contributed by atoms with van der Waals surface area (Å²) in [5.74, 6) is 0.265. The van der Waals surface area contributed by atoms with Crippen molar-refractivity contribution in [2.24, 2.45) is 0 Å². The van der Waals surface area contributed by atoms with Crippen molar-refractivity contribution >= 4 is 21.6 Å². The molecular formula is C20H24N2O4S. The Bertz CT molecular complexity index is 904. The lowest BCUT2D eigenvalue weighted by atomic mass is 10.2. The highest BCUT2D eigenvalue weighted by atomic mass is 32.2. The van der Waals surface area contributed by atoms with E-state index in [9.17, 15) is 13.2 Å². The summed E-state index contributed by atoms with van der Waals surface area (Å²) >= 11 is 0. The van der Waals surface area contributed by atoms with Crippen molar-refractivity contribution < 1.29 is 17.9 Å². The lowest BCUT2D eigenvalue weighted by molar-refractivity contribution is 0.102. The molecule has 1 N–H and O–H groups in total. The predicted octanol–water partition coefficient (Wildman–Crippen LogP) is 3.51. The first-order chi connectivity index (χ1) is 13.0. The maximum absolute atomic E-state index is 12.9. The molecule has 1 aliphatic rings. The number of amides is 1. The number of nitrogens with zero attached hydrogens (tertiary/aromatic N) is 1. The van der Waals surface area contributed by atoms with Crippen molar-refractivity contribution in [2.75, 3.05) is 25.5 Å². The third kappa shape index (κ3) is 4.67. The topological polar surface area (TPSA) is 75.7 Å². The number of sulfonamides is 1. The molecule has 144 valence electrons. The van der Waals surface area contributed by atoms with Gasteiger partial charge >= 0.3 is 0 Å². The number of anilines is 1. The van der Waals surface area contributed by atoms with E-state index < -0.39 is 10.0 Å². The smallest absolute Gasteiger partial charge is 0.255 e. The summed E-state index contributed by atoms with van der Waals surface area (Å²) < 4.78 is 32.5. The number of carbonyl (C=O) groups excluding carboxylic acids is 1. The molecule has 2 aromatic carbocycles. The van der Waals surface area contributed by atoms with Crippen LogP contribution >= 0.6 is 0 Å². The molecular weight excluding hydrogens is 364 g/mol. The van der Waals surface area contributed by atoms with Gasteiger partial charge in [-0.1, -0.05) is 25.0 Å². The molecule has 0 atom stereocenters. The Morgan fingerprint density at radius 2 is 1.70 bits per heavy atom. The van der Waals surface area contributed by atoms with Gasteiger partial charge in [-0.05, 0) is 43.2 Å². The molecule has 1 amide bonds. The van der Waals surface area contributed by atoms with Crippen LogP contribution < -0.4 is 10.1 Å². The van der Waals surface area contributed by atoms with Crippen molar-refractivity contribution in [1.82, 2.24) is 4.31 Å². The number of carbonyl (C=O) groups is 1. The van der Waals surface area contributed by atoms with E-state index >= 15 is 0 Å². The van der Waals surface area contributed by atoms with Crippen LogP contribution in [-0.2, 0) is 10.0 Å². The molecule has 0 saturated carbocycles. The van der Waals surface area contributed by atoms with Crippen molar-refractivity contribution in [2.45, 2.75) is 30.6 Å². The molecule has 27 heavy (non-hydrogen) atoms. The number of benzene rings is 2. The normalized spacial score (nSPS) is 15.7. The molecule has 0 spiro atoms. The number of hydrogen-bond acceptors (Lipinski definition) is 4. The zero-order valence-electron chi connectivity index (χ0n) is 15.3. The van der Waals surface area contributed by atoms with E-state index in [1.54, 1.807) is 49.6 Å². The van der Waals surface area contributed by atoms with Crippen LogP contribution in [0.25, 0.3) is 0 Å². The average Bonchev–Trinajstić information content (AvgIpc) is 2.98. The van der Waals surface area contributed by atoms with E-state index in [1.165, 1.54) is 10.4 Å². The SMILES string of the molecule is COc1cccc(NC(=O)c2cccc(S(=O)(=O)N3CCCCCC3)c2)c1. The Hall–Kier alpha value is -2.38. The number of nitrogens with one attached hydrogen (secondary N) is 1. The largest absolute Gasteiger partial charge is 0.497 e. The average molecular weight is 388 g/mol. The van der Waals surface area contributed by atoms with Gasteiger partial charge in [0.15, 0.2) is 0 Å². The fourth-order valence-electron chi connectivity index (χ4n) is 3.13. The van der Waals surface area contributed by atoms with E-state index in [2.05, 4.69) is 5.32 Å². The number of ether oxygens (including phenoxy) is 1. The number of hydrogen-bond donors (Lipinski definition) is 1. The minimum absolute atomic E-state index is 0.155. The van der Waals surface area contributed by atoms with Gasteiger partial charge in [-0.25, -0.2) is 8.42 Å². The molecule has 1 fully saturated rings. The maximum atomic E-state index is 12.9. The summed E-state index contributed by atoms with van der Waals surface area (Å²) in [6.45, 7) is 1.06. The highest BCUT2D eigenvalue weighted by Gasteiger charge is 2.25. The molecule has 0 unspecified atom stereocenters. The van der Waals surface area contributed by atoms with Crippen molar-refractivity contribution in [3.8, 4) is 5.75 Å². The van der Waals surface area contributed by atoms with Crippen LogP contribution in [0, 0.1) is 0 Å². The maximum Gasteiger partial charge on any atom is 0.255 e. The van der Waals surface area contributed by atoms with Crippen molar-refractivity contribution in [1.29, 1.82) is 0 Å². The van der Waals surface area contributed by atoms with Gasteiger partial charge in [0.2, 0.25) is 10.0 Å². The van der Waals surface area contributed by atoms with Gasteiger partial charge in [-0.15, -0.1) is 0 Å². The second kappa shape index (κ2) is 8.54. The Morgan fingerprint density at radius 3 is 2.41 bits per heavy atom. The zero-order chi connectivity index (χ0) is 19.3. The highest BCUT2D eigenvalue weighted by molar-refractivity contribution is 7.89. The molecule has 0 aromatic heterocycles.